The fourth-order valence-electron chi connectivity index (χ4n) is 2.32. The first-order valence-corrected chi connectivity index (χ1v) is 5.96. The summed E-state index contributed by atoms with van der Waals surface area (Å²) in [6.07, 6.45) is 2.69. The number of aromatic nitrogens is 3. The van der Waals surface area contributed by atoms with Gasteiger partial charge >= 0.3 is 0 Å². The van der Waals surface area contributed by atoms with E-state index in [-0.39, 0.29) is 5.91 Å². The van der Waals surface area contributed by atoms with E-state index in [0.717, 1.165) is 18.7 Å². The van der Waals surface area contributed by atoms with Crippen molar-refractivity contribution in [3.05, 3.63) is 35.5 Å². The van der Waals surface area contributed by atoms with Gasteiger partial charge < -0.3 is 9.42 Å². The van der Waals surface area contributed by atoms with Gasteiger partial charge in [0.15, 0.2) is 5.69 Å². The minimum absolute atomic E-state index is 0.0612. The fourth-order valence-corrected chi connectivity index (χ4v) is 2.32. The van der Waals surface area contributed by atoms with Crippen molar-refractivity contribution in [2.75, 3.05) is 13.1 Å². The molecule has 94 valence electrons. The zero-order valence-electron chi connectivity index (χ0n) is 10.1. The van der Waals surface area contributed by atoms with Gasteiger partial charge in [-0.25, -0.2) is 0 Å². The molecule has 1 aliphatic heterocycles. The van der Waals surface area contributed by atoms with Crippen LogP contribution in [-0.2, 0) is 0 Å². The molecule has 0 radical (unpaired) electrons. The summed E-state index contributed by atoms with van der Waals surface area (Å²) in [5.41, 5.74) is 1.47. The lowest BCUT2D eigenvalue weighted by molar-refractivity contribution is 0.0780. The summed E-state index contributed by atoms with van der Waals surface area (Å²) in [7, 11) is 0. The van der Waals surface area contributed by atoms with E-state index in [1.54, 1.807) is 19.2 Å². The van der Waals surface area contributed by atoms with Crippen LogP contribution in [0, 0.1) is 6.92 Å². The highest BCUT2D eigenvalue weighted by Crippen LogP contribution is 2.26. The molecule has 0 spiro atoms. The lowest BCUT2D eigenvalue weighted by Crippen LogP contribution is -2.28. The third-order valence-corrected chi connectivity index (χ3v) is 3.28. The smallest absolute Gasteiger partial charge is 0.276 e. The van der Waals surface area contributed by atoms with Crippen LogP contribution in [0.1, 0.15) is 34.3 Å². The van der Waals surface area contributed by atoms with Crippen LogP contribution in [-0.4, -0.2) is 39.3 Å². The van der Waals surface area contributed by atoms with Gasteiger partial charge in [-0.15, -0.1) is 0 Å². The van der Waals surface area contributed by atoms with Gasteiger partial charge in [0, 0.05) is 37.0 Å². The first kappa shape index (κ1) is 11.0. The van der Waals surface area contributed by atoms with E-state index >= 15 is 0 Å². The summed E-state index contributed by atoms with van der Waals surface area (Å²) >= 11 is 0. The molecule has 1 amide bonds. The molecule has 18 heavy (non-hydrogen) atoms. The van der Waals surface area contributed by atoms with Crippen LogP contribution < -0.4 is 0 Å². The first-order chi connectivity index (χ1) is 8.74. The van der Waals surface area contributed by atoms with Crippen LogP contribution >= 0.6 is 0 Å². The van der Waals surface area contributed by atoms with Crippen molar-refractivity contribution < 1.29 is 9.32 Å². The van der Waals surface area contributed by atoms with Crippen molar-refractivity contribution in [1.82, 2.24) is 20.3 Å². The summed E-state index contributed by atoms with van der Waals surface area (Å²) < 4.78 is 4.93. The highest BCUT2D eigenvalue weighted by molar-refractivity contribution is 5.92. The third-order valence-electron chi connectivity index (χ3n) is 3.28. The molecule has 6 heteroatoms. The van der Waals surface area contributed by atoms with Crippen LogP contribution in [0.4, 0.5) is 0 Å². The molecule has 1 fully saturated rings. The average Bonchev–Trinajstić information content (AvgIpc) is 3.09. The van der Waals surface area contributed by atoms with E-state index in [0.29, 0.717) is 23.9 Å². The number of nitrogens with zero attached hydrogens (tertiary/aromatic N) is 3. The number of aryl methyl sites for hydroxylation is 1. The minimum atomic E-state index is -0.0612. The van der Waals surface area contributed by atoms with E-state index in [4.69, 9.17) is 4.52 Å². The standard InChI is InChI=1S/C12H14N4O2/c1-8-6-11(15-18-8)12(17)16-5-3-9(7-16)10-2-4-13-14-10/h2,4,6,9H,3,5,7H2,1H3,(H,13,14). The Bertz CT molecular complexity index is 546. The van der Waals surface area contributed by atoms with Gasteiger partial charge in [0.25, 0.3) is 5.91 Å². The van der Waals surface area contributed by atoms with Crippen molar-refractivity contribution in [3.8, 4) is 0 Å². The van der Waals surface area contributed by atoms with Crippen LogP contribution in [0.5, 0.6) is 0 Å². The monoisotopic (exact) mass is 246 g/mol. The number of carbonyl (C=O) groups excluding carboxylic acids is 1. The van der Waals surface area contributed by atoms with Crippen molar-refractivity contribution in [3.63, 3.8) is 0 Å². The number of nitrogens with one attached hydrogen (secondary N) is 1. The Morgan fingerprint density at radius 3 is 3.17 bits per heavy atom. The van der Waals surface area contributed by atoms with Crippen LogP contribution in [0.25, 0.3) is 0 Å². The number of H-pyrrole nitrogens is 1. The van der Waals surface area contributed by atoms with Gasteiger partial charge in [0.2, 0.25) is 0 Å². The highest BCUT2D eigenvalue weighted by Gasteiger charge is 2.29. The summed E-state index contributed by atoms with van der Waals surface area (Å²) in [6, 6.07) is 3.63. The fraction of sp³-hybridized carbons (Fsp3) is 0.417. The van der Waals surface area contributed by atoms with Gasteiger partial charge in [-0.3, -0.25) is 9.89 Å². The molecular formula is C12H14N4O2. The molecule has 3 rings (SSSR count). The predicted molar refractivity (Wildman–Crippen MR) is 63.1 cm³/mol. The topological polar surface area (TPSA) is 75.0 Å². The Morgan fingerprint density at radius 1 is 1.61 bits per heavy atom. The SMILES string of the molecule is Cc1cc(C(=O)N2CCC(c3ccn[nH]3)C2)no1. The zero-order valence-corrected chi connectivity index (χ0v) is 10.1. The van der Waals surface area contributed by atoms with E-state index < -0.39 is 0 Å². The van der Waals surface area contributed by atoms with Crippen LogP contribution in [0.15, 0.2) is 22.9 Å². The molecule has 2 aromatic rings. The molecule has 6 nitrogen and oxygen atoms in total. The number of rotatable bonds is 2. The summed E-state index contributed by atoms with van der Waals surface area (Å²) in [4.78, 5) is 14.0. The van der Waals surface area contributed by atoms with E-state index in [1.807, 2.05) is 11.0 Å². The summed E-state index contributed by atoms with van der Waals surface area (Å²) in [5.74, 6) is 0.931. The van der Waals surface area contributed by atoms with Crippen LogP contribution in [0.3, 0.4) is 0 Å². The molecule has 1 aliphatic rings. The largest absolute Gasteiger partial charge is 0.361 e. The van der Waals surface area contributed by atoms with Crippen LogP contribution in [0.2, 0.25) is 0 Å². The van der Waals surface area contributed by atoms with Crippen molar-refractivity contribution >= 4 is 5.91 Å². The minimum Gasteiger partial charge on any atom is -0.361 e. The van der Waals surface area contributed by atoms with E-state index in [1.165, 1.54) is 0 Å². The molecule has 1 atom stereocenters. The molecule has 1 saturated heterocycles. The second kappa shape index (κ2) is 4.29. The number of carbonyl (C=O) groups is 1. The van der Waals surface area contributed by atoms with Gasteiger partial charge in [0.1, 0.15) is 5.76 Å². The lowest BCUT2D eigenvalue weighted by atomic mass is 10.1. The number of hydrogen-bond donors (Lipinski definition) is 1. The summed E-state index contributed by atoms with van der Waals surface area (Å²) in [5, 5.41) is 10.7. The zero-order chi connectivity index (χ0) is 12.5. The molecule has 2 aromatic heterocycles. The van der Waals surface area contributed by atoms with Gasteiger partial charge in [-0.05, 0) is 19.4 Å². The molecule has 1 unspecified atom stereocenters. The first-order valence-electron chi connectivity index (χ1n) is 5.96. The highest BCUT2D eigenvalue weighted by atomic mass is 16.5. The Kier molecular flexibility index (Phi) is 2.62. The third kappa shape index (κ3) is 1.90. The second-order valence-electron chi connectivity index (χ2n) is 4.57. The molecule has 0 saturated carbocycles. The molecule has 0 aromatic carbocycles. The Hall–Kier alpha value is -2.11. The van der Waals surface area contributed by atoms with Gasteiger partial charge in [-0.1, -0.05) is 5.16 Å². The number of hydrogen-bond acceptors (Lipinski definition) is 4. The number of amides is 1. The van der Waals surface area contributed by atoms with Crippen molar-refractivity contribution in [1.29, 1.82) is 0 Å². The Labute approximate surface area is 104 Å². The molecule has 1 N–H and O–H groups in total. The lowest BCUT2D eigenvalue weighted by Gasteiger charge is -2.14. The maximum Gasteiger partial charge on any atom is 0.276 e. The Morgan fingerprint density at radius 2 is 2.50 bits per heavy atom. The number of aromatic amines is 1. The van der Waals surface area contributed by atoms with Crippen molar-refractivity contribution in [2.45, 2.75) is 19.3 Å². The van der Waals surface area contributed by atoms with E-state index in [2.05, 4.69) is 15.4 Å². The predicted octanol–water partition coefficient (Wildman–Crippen LogP) is 1.34. The van der Waals surface area contributed by atoms with Gasteiger partial charge in [-0.2, -0.15) is 5.10 Å². The van der Waals surface area contributed by atoms with E-state index in [9.17, 15) is 4.79 Å². The number of likely N-dealkylation sites (tertiary alicyclic amines) is 1. The van der Waals surface area contributed by atoms with Gasteiger partial charge in [0.05, 0.1) is 0 Å². The second-order valence-corrected chi connectivity index (χ2v) is 4.57. The molecular weight excluding hydrogens is 232 g/mol. The van der Waals surface area contributed by atoms with Crippen molar-refractivity contribution in [2.24, 2.45) is 0 Å². The normalized spacial score (nSPS) is 19.4. The molecule has 0 bridgehead atoms. The quantitative estimate of drug-likeness (QED) is 0.867. The molecule has 3 heterocycles. The maximum atomic E-state index is 12.2. The summed E-state index contributed by atoms with van der Waals surface area (Å²) in [6.45, 7) is 3.22. The average molecular weight is 246 g/mol. The maximum absolute atomic E-state index is 12.2. The Balaban J connectivity index is 1.70. The molecule has 0 aliphatic carbocycles.